The predicted octanol–water partition coefficient (Wildman–Crippen LogP) is 3.93. The standard InChI is InChI=1S/C19H25BFNO4/c1-17(2)18(3,4)26-20(25-17)15(21)12-19(10-11-19)22-16(23)24-13-14-8-6-5-7-9-14/h5-9,12H,10-11,13H2,1-4H3,(H,22,23). The van der Waals surface area contributed by atoms with Gasteiger partial charge in [0.15, 0.2) is 0 Å². The summed E-state index contributed by atoms with van der Waals surface area (Å²) in [4.78, 5) is 12.0. The number of carbonyl (C=O) groups excluding carboxylic acids is 1. The van der Waals surface area contributed by atoms with E-state index in [4.69, 9.17) is 14.0 Å². The molecule has 3 rings (SSSR count). The molecule has 140 valence electrons. The number of alkyl carbamates (subject to hydrolysis) is 1. The molecular formula is C19H25BFNO4. The molecule has 1 aromatic carbocycles. The largest absolute Gasteiger partial charge is 0.524 e. The highest BCUT2D eigenvalue weighted by molar-refractivity contribution is 6.53. The van der Waals surface area contributed by atoms with Gasteiger partial charge in [-0.1, -0.05) is 30.3 Å². The molecule has 1 aliphatic carbocycles. The first kappa shape index (κ1) is 18.9. The molecule has 1 aliphatic heterocycles. The molecule has 0 bridgehead atoms. The van der Waals surface area contributed by atoms with Gasteiger partial charge in [0.2, 0.25) is 0 Å². The van der Waals surface area contributed by atoms with Crippen molar-refractivity contribution in [2.75, 3.05) is 0 Å². The first-order valence-electron chi connectivity index (χ1n) is 8.85. The van der Waals surface area contributed by atoms with Gasteiger partial charge in [-0.25, -0.2) is 9.18 Å². The van der Waals surface area contributed by atoms with E-state index in [2.05, 4.69) is 5.32 Å². The lowest BCUT2D eigenvalue weighted by Gasteiger charge is -2.32. The van der Waals surface area contributed by atoms with Crippen LogP contribution in [0.25, 0.3) is 0 Å². The molecule has 1 saturated carbocycles. The SMILES string of the molecule is CC1(C)OB(C(F)=CC2(NC(=O)OCc3ccccc3)CC2)OC1(C)C. The highest BCUT2D eigenvalue weighted by Crippen LogP contribution is 2.42. The zero-order valence-corrected chi connectivity index (χ0v) is 15.7. The van der Waals surface area contributed by atoms with Gasteiger partial charge in [0, 0.05) is 0 Å². The second-order valence-corrected chi connectivity index (χ2v) is 7.96. The summed E-state index contributed by atoms with van der Waals surface area (Å²) in [5.41, 5.74) is -1.57. The molecule has 1 aromatic rings. The van der Waals surface area contributed by atoms with Gasteiger partial charge in [0.1, 0.15) is 12.3 Å². The zero-order chi connectivity index (χ0) is 19.0. The van der Waals surface area contributed by atoms with Gasteiger partial charge >= 0.3 is 13.2 Å². The van der Waals surface area contributed by atoms with Crippen LogP contribution in [0.1, 0.15) is 46.1 Å². The quantitative estimate of drug-likeness (QED) is 0.808. The number of carbonyl (C=O) groups is 1. The number of rotatable bonds is 5. The van der Waals surface area contributed by atoms with Crippen molar-refractivity contribution < 1.29 is 23.2 Å². The molecule has 2 aliphatic rings. The topological polar surface area (TPSA) is 56.8 Å². The van der Waals surface area contributed by atoms with Crippen LogP contribution < -0.4 is 5.32 Å². The Labute approximate surface area is 154 Å². The highest BCUT2D eigenvalue weighted by Gasteiger charge is 2.54. The van der Waals surface area contributed by atoms with Crippen LogP contribution in [0, 0.1) is 0 Å². The smallest absolute Gasteiger partial charge is 0.445 e. The lowest BCUT2D eigenvalue weighted by atomic mass is 9.86. The average Bonchev–Trinajstić information content (AvgIpc) is 3.26. The third-order valence-electron chi connectivity index (χ3n) is 5.25. The number of hydrogen-bond donors (Lipinski definition) is 1. The Kier molecular flexibility index (Phi) is 4.88. The Balaban J connectivity index is 1.57. The Bertz CT molecular complexity index is 685. The molecule has 0 atom stereocenters. The molecule has 5 nitrogen and oxygen atoms in total. The molecule has 0 spiro atoms. The number of amides is 1. The molecule has 1 heterocycles. The summed E-state index contributed by atoms with van der Waals surface area (Å²) in [5.74, 6) is 0. The van der Waals surface area contributed by atoms with Crippen molar-refractivity contribution in [1.29, 1.82) is 0 Å². The van der Waals surface area contributed by atoms with E-state index < -0.39 is 35.7 Å². The Morgan fingerprint density at radius 3 is 2.31 bits per heavy atom. The summed E-state index contributed by atoms with van der Waals surface area (Å²) in [6, 6.07) is 9.39. The Morgan fingerprint density at radius 1 is 1.19 bits per heavy atom. The summed E-state index contributed by atoms with van der Waals surface area (Å²) < 4.78 is 31.3. The average molecular weight is 361 g/mol. The van der Waals surface area contributed by atoms with E-state index in [-0.39, 0.29) is 6.61 Å². The summed E-state index contributed by atoms with van der Waals surface area (Å²) in [6.07, 6.45) is 2.13. The second kappa shape index (κ2) is 6.70. The van der Waals surface area contributed by atoms with E-state index in [1.54, 1.807) is 0 Å². The van der Waals surface area contributed by atoms with Crippen LogP contribution in [0.5, 0.6) is 0 Å². The number of halogens is 1. The third-order valence-corrected chi connectivity index (χ3v) is 5.25. The maximum absolute atomic E-state index is 14.7. The molecule has 1 saturated heterocycles. The summed E-state index contributed by atoms with van der Waals surface area (Å²) in [5, 5.41) is 2.74. The molecular weight excluding hydrogens is 336 g/mol. The molecule has 2 fully saturated rings. The van der Waals surface area contributed by atoms with Crippen molar-refractivity contribution in [3.05, 3.63) is 47.7 Å². The van der Waals surface area contributed by atoms with Gasteiger partial charge in [-0.05, 0) is 52.2 Å². The van der Waals surface area contributed by atoms with Gasteiger partial charge in [-0.2, -0.15) is 0 Å². The molecule has 26 heavy (non-hydrogen) atoms. The van der Waals surface area contributed by atoms with E-state index in [1.165, 1.54) is 6.08 Å². The lowest BCUT2D eigenvalue weighted by molar-refractivity contribution is 0.00578. The molecule has 1 N–H and O–H groups in total. The minimum absolute atomic E-state index is 0.173. The first-order chi connectivity index (χ1) is 12.1. The van der Waals surface area contributed by atoms with E-state index in [9.17, 15) is 9.18 Å². The zero-order valence-electron chi connectivity index (χ0n) is 15.7. The molecule has 1 amide bonds. The minimum atomic E-state index is -1.06. The Morgan fingerprint density at radius 2 is 1.77 bits per heavy atom. The van der Waals surface area contributed by atoms with Crippen molar-refractivity contribution >= 4 is 13.2 Å². The Hall–Kier alpha value is -1.86. The van der Waals surface area contributed by atoms with Gasteiger partial charge in [-0.3, -0.25) is 0 Å². The number of nitrogens with one attached hydrogen (secondary N) is 1. The molecule has 0 radical (unpaired) electrons. The maximum atomic E-state index is 14.7. The molecule has 7 heteroatoms. The molecule has 0 aromatic heterocycles. The van der Waals surface area contributed by atoms with Crippen LogP contribution in [0.2, 0.25) is 0 Å². The van der Waals surface area contributed by atoms with Crippen LogP contribution in [0.15, 0.2) is 42.1 Å². The van der Waals surface area contributed by atoms with Crippen molar-refractivity contribution in [3.8, 4) is 0 Å². The van der Waals surface area contributed by atoms with Gasteiger partial charge < -0.3 is 19.4 Å². The number of hydrogen-bond acceptors (Lipinski definition) is 4. The van der Waals surface area contributed by atoms with Crippen LogP contribution >= 0.6 is 0 Å². The first-order valence-corrected chi connectivity index (χ1v) is 8.85. The van der Waals surface area contributed by atoms with E-state index in [0.29, 0.717) is 12.8 Å². The van der Waals surface area contributed by atoms with Crippen molar-refractivity contribution in [1.82, 2.24) is 5.32 Å². The van der Waals surface area contributed by atoms with Crippen LogP contribution in [0.4, 0.5) is 9.18 Å². The van der Waals surface area contributed by atoms with Crippen LogP contribution in [0.3, 0.4) is 0 Å². The van der Waals surface area contributed by atoms with Crippen molar-refractivity contribution in [2.24, 2.45) is 0 Å². The highest BCUT2D eigenvalue weighted by atomic mass is 19.1. The summed E-state index contributed by atoms with van der Waals surface area (Å²) in [7, 11) is -1.06. The van der Waals surface area contributed by atoms with E-state index >= 15 is 0 Å². The second-order valence-electron chi connectivity index (χ2n) is 7.96. The van der Waals surface area contributed by atoms with Gasteiger partial charge in [0.25, 0.3) is 0 Å². The number of benzene rings is 1. The van der Waals surface area contributed by atoms with Gasteiger partial charge in [-0.15, -0.1) is 0 Å². The third kappa shape index (κ3) is 4.10. The van der Waals surface area contributed by atoms with Gasteiger partial charge in [0.05, 0.1) is 16.7 Å². The monoisotopic (exact) mass is 361 g/mol. The minimum Gasteiger partial charge on any atom is -0.445 e. The maximum Gasteiger partial charge on any atom is 0.524 e. The van der Waals surface area contributed by atoms with Crippen LogP contribution in [-0.4, -0.2) is 30.0 Å². The fourth-order valence-corrected chi connectivity index (χ4v) is 2.69. The summed E-state index contributed by atoms with van der Waals surface area (Å²) >= 11 is 0. The molecule has 0 unspecified atom stereocenters. The fourth-order valence-electron chi connectivity index (χ4n) is 2.69. The van der Waals surface area contributed by atoms with Crippen LogP contribution in [-0.2, 0) is 20.7 Å². The van der Waals surface area contributed by atoms with E-state index in [0.717, 1.165) is 5.56 Å². The normalized spacial score (nSPS) is 22.8. The number of ether oxygens (including phenoxy) is 1. The fraction of sp³-hybridized carbons (Fsp3) is 0.526. The van der Waals surface area contributed by atoms with Crippen molar-refractivity contribution in [3.63, 3.8) is 0 Å². The summed E-state index contributed by atoms with van der Waals surface area (Å²) in [6.45, 7) is 7.64. The predicted molar refractivity (Wildman–Crippen MR) is 97.0 cm³/mol. The lowest BCUT2D eigenvalue weighted by Crippen LogP contribution is -2.41. The van der Waals surface area contributed by atoms with E-state index in [1.807, 2.05) is 58.0 Å². The van der Waals surface area contributed by atoms with Crippen molar-refractivity contribution in [2.45, 2.75) is 63.9 Å².